The van der Waals surface area contributed by atoms with E-state index in [2.05, 4.69) is 11.5 Å². The molecule has 5 heteroatoms. The highest BCUT2D eigenvalue weighted by Gasteiger charge is 2.17. The molecule has 1 aliphatic heterocycles. The van der Waals surface area contributed by atoms with Gasteiger partial charge in [0.1, 0.15) is 11.6 Å². The van der Waals surface area contributed by atoms with Gasteiger partial charge in [-0.2, -0.15) is 0 Å². The van der Waals surface area contributed by atoms with Crippen molar-refractivity contribution < 1.29 is 9.13 Å². The Morgan fingerprint density at radius 1 is 1.29 bits per heavy atom. The fourth-order valence-electron chi connectivity index (χ4n) is 2.60. The molecule has 21 heavy (non-hydrogen) atoms. The van der Waals surface area contributed by atoms with Gasteiger partial charge in [-0.05, 0) is 41.3 Å². The second kappa shape index (κ2) is 6.02. The van der Waals surface area contributed by atoms with Crippen LogP contribution in [0.3, 0.4) is 0 Å². The normalized spacial score (nSPS) is 14.6. The van der Waals surface area contributed by atoms with E-state index < -0.39 is 5.82 Å². The van der Waals surface area contributed by atoms with Crippen molar-refractivity contribution in [2.75, 3.05) is 6.61 Å². The number of hydrogen-bond acceptors (Lipinski definition) is 3. The quantitative estimate of drug-likeness (QED) is 0.674. The van der Waals surface area contributed by atoms with E-state index in [-0.39, 0.29) is 11.1 Å². The maximum Gasteiger partial charge on any atom is 0.142 e. The lowest BCUT2D eigenvalue weighted by Crippen LogP contribution is -2.29. The Morgan fingerprint density at radius 3 is 2.90 bits per heavy atom. The molecule has 0 fully saturated rings. The zero-order chi connectivity index (χ0) is 14.8. The van der Waals surface area contributed by atoms with Gasteiger partial charge >= 0.3 is 0 Å². The van der Waals surface area contributed by atoms with E-state index in [9.17, 15) is 4.39 Å². The van der Waals surface area contributed by atoms with Crippen molar-refractivity contribution in [3.05, 3.63) is 63.9 Å². The topological polar surface area (TPSA) is 47.3 Å². The molecule has 3 rings (SSSR count). The van der Waals surface area contributed by atoms with Crippen molar-refractivity contribution in [2.24, 2.45) is 5.84 Å². The molecule has 0 aromatic heterocycles. The number of hydrazine groups is 1. The van der Waals surface area contributed by atoms with Gasteiger partial charge in [0.05, 0.1) is 11.6 Å². The van der Waals surface area contributed by atoms with Crippen molar-refractivity contribution in [1.29, 1.82) is 0 Å². The Bertz CT molecular complexity index is 663. The minimum absolute atomic E-state index is 0.0866. The Kier molecular flexibility index (Phi) is 4.10. The summed E-state index contributed by atoms with van der Waals surface area (Å²) < 4.78 is 19.0. The summed E-state index contributed by atoms with van der Waals surface area (Å²) >= 11 is 5.70. The van der Waals surface area contributed by atoms with Crippen LogP contribution in [-0.4, -0.2) is 6.61 Å². The molecule has 2 aromatic carbocycles. The second-order valence-electron chi connectivity index (χ2n) is 5.14. The summed E-state index contributed by atoms with van der Waals surface area (Å²) in [6, 6.07) is 10.8. The molecule has 0 saturated carbocycles. The number of benzene rings is 2. The molecule has 0 radical (unpaired) electrons. The first kappa shape index (κ1) is 14.3. The van der Waals surface area contributed by atoms with Crippen LogP contribution < -0.4 is 16.0 Å². The molecule has 1 heterocycles. The molecular weight excluding hydrogens is 291 g/mol. The molecule has 0 saturated heterocycles. The molecule has 2 aromatic rings. The lowest BCUT2D eigenvalue weighted by molar-refractivity contribution is 0.356. The van der Waals surface area contributed by atoms with Crippen LogP contribution in [0.2, 0.25) is 5.02 Å². The molecule has 1 aliphatic rings. The third kappa shape index (κ3) is 3.02. The third-order valence-corrected chi connectivity index (χ3v) is 4.05. The Hall–Kier alpha value is -1.62. The van der Waals surface area contributed by atoms with Crippen molar-refractivity contribution in [3.63, 3.8) is 0 Å². The number of nitrogens with one attached hydrogen (secondary N) is 1. The predicted molar refractivity (Wildman–Crippen MR) is 80.8 cm³/mol. The van der Waals surface area contributed by atoms with E-state index in [0.29, 0.717) is 6.42 Å². The molecule has 0 aliphatic carbocycles. The van der Waals surface area contributed by atoms with Crippen LogP contribution in [0.15, 0.2) is 36.4 Å². The number of hydrogen-bond donors (Lipinski definition) is 2. The van der Waals surface area contributed by atoms with Gasteiger partial charge in [0.25, 0.3) is 0 Å². The average molecular weight is 307 g/mol. The molecule has 110 valence electrons. The van der Waals surface area contributed by atoms with Crippen LogP contribution in [0.1, 0.15) is 22.7 Å². The predicted octanol–water partition coefficient (Wildman–Crippen LogP) is 3.16. The summed E-state index contributed by atoms with van der Waals surface area (Å²) in [7, 11) is 0. The second-order valence-corrected chi connectivity index (χ2v) is 5.54. The lowest BCUT2D eigenvalue weighted by Gasteiger charge is -2.17. The maximum atomic E-state index is 13.5. The molecule has 0 spiro atoms. The van der Waals surface area contributed by atoms with E-state index in [1.165, 1.54) is 11.6 Å². The van der Waals surface area contributed by atoms with Crippen molar-refractivity contribution in [2.45, 2.75) is 18.9 Å². The van der Waals surface area contributed by atoms with Gasteiger partial charge in [-0.15, -0.1) is 0 Å². The van der Waals surface area contributed by atoms with Gasteiger partial charge in [0, 0.05) is 12.5 Å². The first-order valence-corrected chi connectivity index (χ1v) is 7.21. The highest BCUT2D eigenvalue weighted by molar-refractivity contribution is 6.30. The molecule has 0 amide bonds. The first-order valence-electron chi connectivity index (χ1n) is 6.83. The minimum atomic E-state index is -0.410. The van der Waals surface area contributed by atoms with Crippen molar-refractivity contribution >= 4 is 11.6 Å². The standard InChI is InChI=1S/C16H16ClFN2O/c17-13-3-1-10(7-14(13)18)8-15(20-19)11-2-4-16-12(9-11)5-6-21-16/h1-4,7,9,15,20H,5-6,8,19H2. The zero-order valence-electron chi connectivity index (χ0n) is 11.4. The number of nitrogens with two attached hydrogens (primary N) is 1. The smallest absolute Gasteiger partial charge is 0.142 e. The van der Waals surface area contributed by atoms with Gasteiger partial charge in [-0.3, -0.25) is 11.3 Å². The third-order valence-electron chi connectivity index (χ3n) is 3.74. The number of fused-ring (bicyclic) bond motifs is 1. The summed E-state index contributed by atoms with van der Waals surface area (Å²) in [5.74, 6) is 6.19. The van der Waals surface area contributed by atoms with E-state index >= 15 is 0 Å². The van der Waals surface area contributed by atoms with Crippen molar-refractivity contribution in [1.82, 2.24) is 5.43 Å². The fraction of sp³-hybridized carbons (Fsp3) is 0.250. The minimum Gasteiger partial charge on any atom is -0.493 e. The summed E-state index contributed by atoms with van der Waals surface area (Å²) in [5.41, 5.74) is 5.90. The van der Waals surface area contributed by atoms with Gasteiger partial charge in [0.2, 0.25) is 0 Å². The van der Waals surface area contributed by atoms with Crippen molar-refractivity contribution in [3.8, 4) is 5.75 Å². The number of halogens is 2. The molecular formula is C16H16ClFN2O. The summed E-state index contributed by atoms with van der Waals surface area (Å²) in [6.07, 6.45) is 1.50. The van der Waals surface area contributed by atoms with E-state index in [0.717, 1.165) is 29.9 Å². The SMILES string of the molecule is NNC(Cc1ccc(Cl)c(F)c1)c1ccc2c(c1)CCO2. The molecule has 3 N–H and O–H groups in total. The van der Waals surface area contributed by atoms with Crippen LogP contribution in [0.5, 0.6) is 5.75 Å². The van der Waals surface area contributed by atoms with E-state index in [1.54, 1.807) is 6.07 Å². The van der Waals surface area contributed by atoms with Gasteiger partial charge in [-0.1, -0.05) is 29.8 Å². The van der Waals surface area contributed by atoms with Crippen LogP contribution in [0.25, 0.3) is 0 Å². The summed E-state index contributed by atoms with van der Waals surface area (Å²) in [5, 5.41) is 0.130. The van der Waals surface area contributed by atoms with Crippen LogP contribution >= 0.6 is 11.6 Å². The Morgan fingerprint density at radius 2 is 2.14 bits per heavy atom. The van der Waals surface area contributed by atoms with Crippen LogP contribution in [-0.2, 0) is 12.8 Å². The highest BCUT2D eigenvalue weighted by Crippen LogP contribution is 2.29. The highest BCUT2D eigenvalue weighted by atomic mass is 35.5. The molecule has 1 unspecified atom stereocenters. The lowest BCUT2D eigenvalue weighted by atomic mass is 9.97. The van der Waals surface area contributed by atoms with Gasteiger partial charge < -0.3 is 4.74 Å². The number of rotatable bonds is 4. The molecule has 3 nitrogen and oxygen atoms in total. The zero-order valence-corrected chi connectivity index (χ0v) is 12.2. The fourth-order valence-corrected chi connectivity index (χ4v) is 2.72. The molecule has 1 atom stereocenters. The van der Waals surface area contributed by atoms with Gasteiger partial charge in [-0.25, -0.2) is 4.39 Å². The number of ether oxygens (including phenoxy) is 1. The van der Waals surface area contributed by atoms with E-state index in [1.807, 2.05) is 18.2 Å². The summed E-state index contributed by atoms with van der Waals surface area (Å²) in [4.78, 5) is 0. The largest absolute Gasteiger partial charge is 0.493 e. The monoisotopic (exact) mass is 306 g/mol. The average Bonchev–Trinajstić information content (AvgIpc) is 2.95. The molecule has 0 bridgehead atoms. The van der Waals surface area contributed by atoms with Gasteiger partial charge in [0.15, 0.2) is 0 Å². The van der Waals surface area contributed by atoms with E-state index in [4.69, 9.17) is 22.2 Å². The Labute approximate surface area is 127 Å². The Balaban J connectivity index is 1.83. The van der Waals surface area contributed by atoms with Crippen LogP contribution in [0, 0.1) is 5.82 Å². The first-order chi connectivity index (χ1) is 10.2. The summed E-state index contributed by atoms with van der Waals surface area (Å²) in [6.45, 7) is 0.724. The van der Waals surface area contributed by atoms with Crippen LogP contribution in [0.4, 0.5) is 4.39 Å². The maximum absolute atomic E-state index is 13.5.